The van der Waals surface area contributed by atoms with Crippen LogP contribution in [0.2, 0.25) is 0 Å². The van der Waals surface area contributed by atoms with E-state index in [1.54, 1.807) is 6.92 Å². The second-order valence-electron chi connectivity index (χ2n) is 2.06. The van der Waals surface area contributed by atoms with Crippen molar-refractivity contribution in [2.75, 3.05) is 0 Å². The number of hydrogen-bond acceptors (Lipinski definition) is 3. The largest absolute Gasteiger partial charge is 0.368 e. The lowest BCUT2D eigenvalue weighted by atomic mass is 10.3. The molecular formula is C6H15NO2. The fourth-order valence-corrected chi connectivity index (χ4v) is 0.606. The van der Waals surface area contributed by atoms with Crippen molar-refractivity contribution < 1.29 is 9.84 Å². The molecule has 0 aliphatic rings. The van der Waals surface area contributed by atoms with Crippen molar-refractivity contribution >= 4 is 0 Å². The van der Waals surface area contributed by atoms with E-state index >= 15 is 0 Å². The van der Waals surface area contributed by atoms with Crippen molar-refractivity contribution in [1.29, 1.82) is 0 Å². The van der Waals surface area contributed by atoms with Crippen LogP contribution in [0.15, 0.2) is 0 Å². The summed E-state index contributed by atoms with van der Waals surface area (Å²) in [5.74, 6) is 0. The van der Waals surface area contributed by atoms with Gasteiger partial charge < -0.3 is 15.6 Å². The van der Waals surface area contributed by atoms with Crippen LogP contribution in [-0.2, 0) is 4.74 Å². The van der Waals surface area contributed by atoms with Gasteiger partial charge in [0.1, 0.15) is 6.23 Å². The monoisotopic (exact) mass is 133 g/mol. The summed E-state index contributed by atoms with van der Waals surface area (Å²) >= 11 is 0. The quantitative estimate of drug-likeness (QED) is 0.547. The van der Waals surface area contributed by atoms with E-state index in [1.807, 2.05) is 6.92 Å². The third kappa shape index (κ3) is 5.76. The van der Waals surface area contributed by atoms with E-state index in [-0.39, 0.29) is 6.23 Å². The van der Waals surface area contributed by atoms with Gasteiger partial charge in [0.2, 0.25) is 0 Å². The van der Waals surface area contributed by atoms with Gasteiger partial charge in [0.25, 0.3) is 0 Å². The summed E-state index contributed by atoms with van der Waals surface area (Å²) in [6.07, 6.45) is 0.722. The van der Waals surface area contributed by atoms with Crippen molar-refractivity contribution in [2.24, 2.45) is 5.73 Å². The highest BCUT2D eigenvalue weighted by molar-refractivity contribution is 4.45. The van der Waals surface area contributed by atoms with Gasteiger partial charge in [-0.15, -0.1) is 0 Å². The third-order valence-electron chi connectivity index (χ3n) is 0.945. The van der Waals surface area contributed by atoms with E-state index in [9.17, 15) is 0 Å². The third-order valence-corrected chi connectivity index (χ3v) is 0.945. The molecule has 0 saturated carbocycles. The Morgan fingerprint density at radius 3 is 2.56 bits per heavy atom. The summed E-state index contributed by atoms with van der Waals surface area (Å²) in [4.78, 5) is 0. The smallest absolute Gasteiger partial charge is 0.153 e. The lowest BCUT2D eigenvalue weighted by Crippen LogP contribution is -2.27. The zero-order valence-corrected chi connectivity index (χ0v) is 6.00. The summed E-state index contributed by atoms with van der Waals surface area (Å²) in [5.41, 5.74) is 5.40. The average molecular weight is 133 g/mol. The van der Waals surface area contributed by atoms with E-state index in [0.29, 0.717) is 0 Å². The molecule has 3 heteroatoms. The first kappa shape index (κ1) is 8.88. The van der Waals surface area contributed by atoms with Crippen LogP contribution in [0.25, 0.3) is 0 Å². The van der Waals surface area contributed by atoms with E-state index < -0.39 is 6.29 Å². The van der Waals surface area contributed by atoms with Crippen LogP contribution in [0.1, 0.15) is 26.7 Å². The molecule has 0 bridgehead atoms. The molecular weight excluding hydrogens is 118 g/mol. The minimum atomic E-state index is -0.744. The highest BCUT2D eigenvalue weighted by Gasteiger charge is 2.02. The molecule has 2 atom stereocenters. The standard InChI is InChI=1S/C6H15NO2/c1-3-4-6(7)9-5(2)8/h5-6,8H,3-4,7H2,1-2H3. The maximum atomic E-state index is 8.65. The number of nitrogens with two attached hydrogens (primary N) is 1. The maximum absolute atomic E-state index is 8.65. The zero-order chi connectivity index (χ0) is 7.28. The lowest BCUT2D eigenvalue weighted by Gasteiger charge is -2.13. The van der Waals surface area contributed by atoms with E-state index in [0.717, 1.165) is 12.8 Å². The molecule has 0 aliphatic heterocycles. The first-order valence-corrected chi connectivity index (χ1v) is 3.26. The van der Waals surface area contributed by atoms with Gasteiger partial charge in [0.15, 0.2) is 6.29 Å². The van der Waals surface area contributed by atoms with Crippen LogP contribution in [-0.4, -0.2) is 17.6 Å². The van der Waals surface area contributed by atoms with Crippen molar-refractivity contribution in [3.05, 3.63) is 0 Å². The first-order valence-electron chi connectivity index (χ1n) is 3.26. The van der Waals surface area contributed by atoms with Crippen LogP contribution in [0.4, 0.5) is 0 Å². The molecule has 0 aromatic rings. The second kappa shape index (κ2) is 4.73. The van der Waals surface area contributed by atoms with E-state index in [1.165, 1.54) is 0 Å². The predicted molar refractivity (Wildman–Crippen MR) is 35.6 cm³/mol. The van der Waals surface area contributed by atoms with Crippen LogP contribution in [0, 0.1) is 0 Å². The molecule has 0 heterocycles. The highest BCUT2D eigenvalue weighted by Crippen LogP contribution is 1.96. The number of aliphatic hydroxyl groups is 1. The molecule has 0 rings (SSSR count). The maximum Gasteiger partial charge on any atom is 0.153 e. The fourth-order valence-electron chi connectivity index (χ4n) is 0.606. The Morgan fingerprint density at radius 1 is 1.67 bits per heavy atom. The molecule has 56 valence electrons. The van der Waals surface area contributed by atoms with Gasteiger partial charge in [-0.1, -0.05) is 13.3 Å². The molecule has 0 spiro atoms. The molecule has 2 unspecified atom stereocenters. The van der Waals surface area contributed by atoms with Crippen molar-refractivity contribution in [3.63, 3.8) is 0 Å². The number of rotatable bonds is 4. The number of ether oxygens (including phenoxy) is 1. The Morgan fingerprint density at radius 2 is 2.22 bits per heavy atom. The fraction of sp³-hybridized carbons (Fsp3) is 1.00. The first-order chi connectivity index (χ1) is 4.16. The highest BCUT2D eigenvalue weighted by atomic mass is 16.6. The SMILES string of the molecule is CCCC(N)OC(C)O. The van der Waals surface area contributed by atoms with Gasteiger partial charge in [-0.2, -0.15) is 0 Å². The normalized spacial score (nSPS) is 17.3. The molecule has 0 aromatic heterocycles. The summed E-state index contributed by atoms with van der Waals surface area (Å²) < 4.78 is 4.82. The predicted octanol–water partition coefficient (Wildman–Crippen LogP) is 0.426. The molecule has 0 saturated heterocycles. The van der Waals surface area contributed by atoms with Gasteiger partial charge in [0, 0.05) is 0 Å². The molecule has 3 nitrogen and oxygen atoms in total. The van der Waals surface area contributed by atoms with Crippen molar-refractivity contribution in [2.45, 2.75) is 39.2 Å². The Balaban J connectivity index is 3.15. The van der Waals surface area contributed by atoms with Crippen LogP contribution < -0.4 is 5.73 Å². The Kier molecular flexibility index (Phi) is 4.67. The molecule has 0 fully saturated rings. The van der Waals surface area contributed by atoms with Gasteiger partial charge in [-0.05, 0) is 13.3 Å². The number of aliphatic hydroxyl groups excluding tert-OH is 1. The lowest BCUT2D eigenvalue weighted by molar-refractivity contribution is -0.123. The summed E-state index contributed by atoms with van der Waals surface area (Å²) in [6.45, 7) is 3.57. The van der Waals surface area contributed by atoms with Crippen LogP contribution in [0.3, 0.4) is 0 Å². The number of hydrogen-bond donors (Lipinski definition) is 2. The summed E-state index contributed by atoms with van der Waals surface area (Å²) in [6, 6.07) is 0. The van der Waals surface area contributed by atoms with Gasteiger partial charge in [-0.25, -0.2) is 0 Å². The molecule has 0 radical (unpaired) electrons. The second-order valence-corrected chi connectivity index (χ2v) is 2.06. The van der Waals surface area contributed by atoms with Crippen molar-refractivity contribution in [1.82, 2.24) is 0 Å². The molecule has 9 heavy (non-hydrogen) atoms. The Labute approximate surface area is 55.8 Å². The molecule has 0 aliphatic carbocycles. The topological polar surface area (TPSA) is 55.5 Å². The van der Waals surface area contributed by atoms with Gasteiger partial charge in [-0.3, -0.25) is 0 Å². The molecule has 3 N–H and O–H groups in total. The minimum Gasteiger partial charge on any atom is -0.368 e. The zero-order valence-electron chi connectivity index (χ0n) is 6.00. The summed E-state index contributed by atoms with van der Waals surface area (Å²) in [7, 11) is 0. The van der Waals surface area contributed by atoms with E-state index in [2.05, 4.69) is 0 Å². The van der Waals surface area contributed by atoms with Gasteiger partial charge in [0.05, 0.1) is 0 Å². The van der Waals surface area contributed by atoms with E-state index in [4.69, 9.17) is 15.6 Å². The minimum absolute atomic E-state index is 0.310. The molecule has 0 amide bonds. The van der Waals surface area contributed by atoms with Crippen molar-refractivity contribution in [3.8, 4) is 0 Å². The summed E-state index contributed by atoms with van der Waals surface area (Å²) in [5, 5.41) is 8.65. The Bertz CT molecular complexity index is 66.1. The van der Waals surface area contributed by atoms with Crippen LogP contribution in [0.5, 0.6) is 0 Å². The van der Waals surface area contributed by atoms with Gasteiger partial charge >= 0.3 is 0 Å². The average Bonchev–Trinajstić information content (AvgIpc) is 1.63. The Hall–Kier alpha value is -0.120. The molecule has 0 aromatic carbocycles. The van der Waals surface area contributed by atoms with Crippen LogP contribution >= 0.6 is 0 Å².